The summed E-state index contributed by atoms with van der Waals surface area (Å²) in [6, 6.07) is 5.68. The highest BCUT2D eigenvalue weighted by atomic mass is 35.5. The van der Waals surface area contributed by atoms with Gasteiger partial charge < -0.3 is 5.32 Å². The van der Waals surface area contributed by atoms with E-state index in [0.717, 1.165) is 25.7 Å². The number of hydrogen-bond acceptors (Lipinski definition) is 3. The molecule has 0 unspecified atom stereocenters. The molecule has 0 aliphatic heterocycles. The Hall–Kier alpha value is -1.05. The summed E-state index contributed by atoms with van der Waals surface area (Å²) in [6.07, 6.45) is 3.43. The summed E-state index contributed by atoms with van der Waals surface area (Å²) in [4.78, 5) is 12.6. The molecule has 18 heavy (non-hydrogen) atoms. The second kappa shape index (κ2) is 5.29. The number of halogens is 1. The number of rotatable bonds is 2. The van der Waals surface area contributed by atoms with Crippen LogP contribution in [0, 0.1) is 17.2 Å². The molecule has 0 radical (unpaired) electrons. The Balaban J connectivity index is 2.07. The Labute approximate surface area is 116 Å². The third-order valence-corrected chi connectivity index (χ3v) is 4.72. The van der Waals surface area contributed by atoms with E-state index in [0.29, 0.717) is 15.1 Å². The minimum absolute atomic E-state index is 0.192. The molecule has 1 fully saturated rings. The van der Waals surface area contributed by atoms with Crippen LogP contribution in [-0.2, 0) is 0 Å². The molecule has 0 atom stereocenters. The molecular weight excluding hydrogens is 268 g/mol. The Morgan fingerprint density at radius 1 is 1.56 bits per heavy atom. The molecule has 0 bridgehead atoms. The highest BCUT2D eigenvalue weighted by Gasteiger charge is 2.36. The molecule has 1 amide bonds. The van der Waals surface area contributed by atoms with Gasteiger partial charge in [-0.25, -0.2) is 0 Å². The lowest BCUT2D eigenvalue weighted by Gasteiger charge is -2.34. The number of thiophene rings is 1. The van der Waals surface area contributed by atoms with E-state index in [4.69, 9.17) is 11.6 Å². The predicted molar refractivity (Wildman–Crippen MR) is 72.8 cm³/mol. The summed E-state index contributed by atoms with van der Waals surface area (Å²) in [6.45, 7) is 2.18. The zero-order valence-electron chi connectivity index (χ0n) is 10.2. The minimum Gasteiger partial charge on any atom is -0.333 e. The highest BCUT2D eigenvalue weighted by molar-refractivity contribution is 7.18. The normalized spacial score (nSPS) is 27.5. The molecule has 1 aliphatic rings. The Kier molecular flexibility index (Phi) is 3.94. The van der Waals surface area contributed by atoms with Gasteiger partial charge in [0, 0.05) is 0 Å². The summed E-state index contributed by atoms with van der Waals surface area (Å²) >= 11 is 7.05. The third-order valence-electron chi connectivity index (χ3n) is 3.49. The third kappa shape index (κ3) is 2.85. The van der Waals surface area contributed by atoms with E-state index in [1.165, 1.54) is 11.3 Å². The van der Waals surface area contributed by atoms with Crippen molar-refractivity contribution in [3.8, 4) is 6.07 Å². The van der Waals surface area contributed by atoms with Crippen LogP contribution in [-0.4, -0.2) is 11.4 Å². The summed E-state index contributed by atoms with van der Waals surface area (Å²) < 4.78 is 0.587. The van der Waals surface area contributed by atoms with E-state index >= 15 is 0 Å². The van der Waals surface area contributed by atoms with Crippen LogP contribution in [0.25, 0.3) is 0 Å². The first-order valence-electron chi connectivity index (χ1n) is 6.04. The fourth-order valence-electron chi connectivity index (χ4n) is 2.23. The van der Waals surface area contributed by atoms with E-state index in [-0.39, 0.29) is 5.91 Å². The second-order valence-electron chi connectivity index (χ2n) is 4.93. The van der Waals surface area contributed by atoms with Crippen molar-refractivity contribution < 1.29 is 4.79 Å². The average Bonchev–Trinajstić information content (AvgIpc) is 2.79. The topological polar surface area (TPSA) is 52.9 Å². The molecule has 1 aromatic heterocycles. The van der Waals surface area contributed by atoms with Crippen molar-refractivity contribution in [1.29, 1.82) is 5.26 Å². The van der Waals surface area contributed by atoms with Crippen LogP contribution in [0.5, 0.6) is 0 Å². The Bertz CT molecular complexity index is 483. The summed E-state index contributed by atoms with van der Waals surface area (Å²) in [5.74, 6) is 0.447. The van der Waals surface area contributed by atoms with E-state index < -0.39 is 5.54 Å². The summed E-state index contributed by atoms with van der Waals surface area (Å²) in [5, 5.41) is 12.2. The van der Waals surface area contributed by atoms with Gasteiger partial charge in [0.1, 0.15) is 5.54 Å². The van der Waals surface area contributed by atoms with Crippen LogP contribution in [0.4, 0.5) is 0 Å². The van der Waals surface area contributed by atoms with Crippen LogP contribution >= 0.6 is 22.9 Å². The van der Waals surface area contributed by atoms with Gasteiger partial charge in [0.05, 0.1) is 15.3 Å². The molecule has 2 rings (SSSR count). The van der Waals surface area contributed by atoms with Crippen molar-refractivity contribution in [2.75, 3.05) is 0 Å². The van der Waals surface area contributed by atoms with E-state index in [9.17, 15) is 10.1 Å². The predicted octanol–water partition coefficient (Wildman–Crippen LogP) is 3.60. The first-order chi connectivity index (χ1) is 8.54. The Morgan fingerprint density at radius 2 is 2.22 bits per heavy atom. The number of nitrogens with one attached hydrogen (secondary N) is 1. The molecule has 96 valence electrons. The monoisotopic (exact) mass is 282 g/mol. The zero-order valence-corrected chi connectivity index (χ0v) is 11.8. The van der Waals surface area contributed by atoms with Gasteiger partial charge in [0.25, 0.3) is 5.91 Å². The molecule has 1 saturated carbocycles. The van der Waals surface area contributed by atoms with Crippen LogP contribution < -0.4 is 5.32 Å². The van der Waals surface area contributed by atoms with E-state index in [1.807, 2.05) is 0 Å². The fourth-order valence-corrected chi connectivity index (χ4v) is 3.17. The number of amides is 1. The quantitative estimate of drug-likeness (QED) is 0.901. The van der Waals surface area contributed by atoms with Crippen LogP contribution in [0.2, 0.25) is 4.34 Å². The van der Waals surface area contributed by atoms with Gasteiger partial charge in [0.2, 0.25) is 0 Å². The molecule has 0 aromatic carbocycles. The standard InChI is InChI=1S/C13H15ClN2OS/c1-9-4-6-13(8-15,7-5-9)16-12(17)10-2-3-11(14)18-10/h2-3,9H,4-7H2,1H3,(H,16,17). The van der Waals surface area contributed by atoms with Crippen molar-refractivity contribution in [2.24, 2.45) is 5.92 Å². The number of carbonyl (C=O) groups excluding carboxylic acids is 1. The highest BCUT2D eigenvalue weighted by Crippen LogP contribution is 2.32. The molecule has 0 saturated heterocycles. The maximum absolute atomic E-state index is 12.1. The van der Waals surface area contributed by atoms with Crippen molar-refractivity contribution >= 4 is 28.8 Å². The second-order valence-corrected chi connectivity index (χ2v) is 6.65. The van der Waals surface area contributed by atoms with Crippen molar-refractivity contribution in [2.45, 2.75) is 38.1 Å². The lowest BCUT2D eigenvalue weighted by Crippen LogP contribution is -2.49. The van der Waals surface area contributed by atoms with E-state index in [1.54, 1.807) is 12.1 Å². The van der Waals surface area contributed by atoms with Crippen molar-refractivity contribution in [3.63, 3.8) is 0 Å². The van der Waals surface area contributed by atoms with Crippen LogP contribution in [0.1, 0.15) is 42.3 Å². The maximum Gasteiger partial charge on any atom is 0.262 e. The van der Waals surface area contributed by atoms with Crippen molar-refractivity contribution in [1.82, 2.24) is 5.32 Å². The van der Waals surface area contributed by atoms with Gasteiger partial charge >= 0.3 is 0 Å². The van der Waals surface area contributed by atoms with Gasteiger partial charge in [-0.3, -0.25) is 4.79 Å². The molecule has 0 spiro atoms. The largest absolute Gasteiger partial charge is 0.333 e. The van der Waals surface area contributed by atoms with Crippen molar-refractivity contribution in [3.05, 3.63) is 21.3 Å². The minimum atomic E-state index is -0.694. The molecule has 1 N–H and O–H groups in total. The fraction of sp³-hybridized carbons (Fsp3) is 0.538. The summed E-state index contributed by atoms with van der Waals surface area (Å²) in [5.41, 5.74) is -0.694. The lowest BCUT2D eigenvalue weighted by atomic mass is 9.78. The smallest absolute Gasteiger partial charge is 0.262 e. The van der Waals surface area contributed by atoms with E-state index in [2.05, 4.69) is 18.3 Å². The first-order valence-corrected chi connectivity index (χ1v) is 7.23. The SMILES string of the molecule is CC1CCC(C#N)(NC(=O)c2ccc(Cl)s2)CC1. The first kappa shape index (κ1) is 13.4. The zero-order chi connectivity index (χ0) is 13.2. The van der Waals surface area contributed by atoms with Gasteiger partial charge in [-0.05, 0) is 43.7 Å². The average molecular weight is 283 g/mol. The van der Waals surface area contributed by atoms with Crippen LogP contribution in [0.15, 0.2) is 12.1 Å². The van der Waals surface area contributed by atoms with Gasteiger partial charge in [-0.15, -0.1) is 11.3 Å². The molecule has 1 aliphatic carbocycles. The number of carbonyl (C=O) groups is 1. The molecule has 1 aromatic rings. The molecular formula is C13H15ClN2OS. The van der Waals surface area contributed by atoms with Gasteiger partial charge in [-0.1, -0.05) is 18.5 Å². The van der Waals surface area contributed by atoms with Crippen LogP contribution in [0.3, 0.4) is 0 Å². The number of nitriles is 1. The molecule has 1 heterocycles. The maximum atomic E-state index is 12.1. The van der Waals surface area contributed by atoms with Gasteiger partial charge in [-0.2, -0.15) is 5.26 Å². The molecule has 5 heteroatoms. The lowest BCUT2D eigenvalue weighted by molar-refractivity contribution is 0.0898. The number of nitrogens with zero attached hydrogens (tertiary/aromatic N) is 1. The summed E-state index contributed by atoms with van der Waals surface area (Å²) in [7, 11) is 0. The molecule has 3 nitrogen and oxygen atoms in total. The van der Waals surface area contributed by atoms with Gasteiger partial charge in [0.15, 0.2) is 0 Å². The number of hydrogen-bond donors (Lipinski definition) is 1. The Morgan fingerprint density at radius 3 is 2.72 bits per heavy atom.